The number of nitrogens with zero attached hydrogens (tertiary/aromatic N) is 3. The molecule has 23 heavy (non-hydrogen) atoms. The van der Waals surface area contributed by atoms with Gasteiger partial charge in [-0.05, 0) is 30.7 Å². The molecule has 0 aromatic carbocycles. The Morgan fingerprint density at radius 2 is 1.65 bits per heavy atom. The van der Waals surface area contributed by atoms with Crippen molar-refractivity contribution in [1.29, 1.82) is 0 Å². The van der Waals surface area contributed by atoms with Crippen LogP contribution in [0.15, 0.2) is 48.8 Å². The summed E-state index contributed by atoms with van der Waals surface area (Å²) in [7, 11) is 0. The zero-order valence-electron chi connectivity index (χ0n) is 13.4. The first-order valence-corrected chi connectivity index (χ1v) is 7.97. The Morgan fingerprint density at radius 3 is 2.04 bits per heavy atom. The van der Waals surface area contributed by atoms with Crippen LogP contribution in [0.1, 0.15) is 37.6 Å². The van der Waals surface area contributed by atoms with Crippen molar-refractivity contribution in [3.05, 3.63) is 60.2 Å². The van der Waals surface area contributed by atoms with Crippen molar-refractivity contribution in [3.8, 4) is 0 Å². The quantitative estimate of drug-likeness (QED) is 0.770. The van der Waals surface area contributed by atoms with Gasteiger partial charge in [-0.25, -0.2) is 0 Å². The summed E-state index contributed by atoms with van der Waals surface area (Å²) in [4.78, 5) is 22.3. The van der Waals surface area contributed by atoms with Crippen LogP contribution in [0.25, 0.3) is 0 Å². The van der Waals surface area contributed by atoms with E-state index in [1.54, 1.807) is 12.4 Å². The number of carbonyl (C=O) groups is 1. The summed E-state index contributed by atoms with van der Waals surface area (Å²) in [6.07, 6.45) is 5.96. The molecule has 2 rings (SSSR count). The molecule has 122 valence electrons. The van der Waals surface area contributed by atoms with E-state index in [2.05, 4.69) is 16.9 Å². The molecule has 0 aliphatic carbocycles. The van der Waals surface area contributed by atoms with Gasteiger partial charge in [0.2, 0.25) is 0 Å². The van der Waals surface area contributed by atoms with Crippen LogP contribution in [0.5, 0.6) is 0 Å². The number of hydrogen-bond donors (Lipinski definition) is 1. The van der Waals surface area contributed by atoms with Gasteiger partial charge in [-0.15, -0.1) is 0 Å². The van der Waals surface area contributed by atoms with E-state index in [1.807, 2.05) is 41.3 Å². The minimum absolute atomic E-state index is 0.498. The van der Waals surface area contributed by atoms with Crippen LogP contribution in [-0.2, 0) is 17.9 Å². The Balaban J connectivity index is 2.19. The van der Waals surface area contributed by atoms with Crippen molar-refractivity contribution in [3.63, 3.8) is 0 Å². The summed E-state index contributed by atoms with van der Waals surface area (Å²) in [5, 5.41) is 9.64. The van der Waals surface area contributed by atoms with Crippen molar-refractivity contribution in [2.75, 3.05) is 0 Å². The maximum atomic E-state index is 11.7. The molecule has 1 N–H and O–H groups in total. The van der Waals surface area contributed by atoms with Gasteiger partial charge in [0.05, 0.1) is 11.4 Å². The predicted molar refractivity (Wildman–Crippen MR) is 88.7 cm³/mol. The van der Waals surface area contributed by atoms with E-state index in [0.29, 0.717) is 19.5 Å². The lowest BCUT2D eigenvalue weighted by atomic mass is 10.1. The molecule has 0 saturated carbocycles. The van der Waals surface area contributed by atoms with E-state index in [1.165, 1.54) is 0 Å². The highest BCUT2D eigenvalue weighted by Crippen LogP contribution is 2.16. The van der Waals surface area contributed by atoms with Gasteiger partial charge >= 0.3 is 5.97 Å². The van der Waals surface area contributed by atoms with Gasteiger partial charge in [-0.2, -0.15) is 0 Å². The number of hydrogen-bond acceptors (Lipinski definition) is 4. The fourth-order valence-corrected chi connectivity index (χ4v) is 2.54. The molecule has 0 aliphatic heterocycles. The first kappa shape index (κ1) is 17.1. The predicted octanol–water partition coefficient (Wildman–Crippen LogP) is 3.12. The molecule has 0 fully saturated rings. The van der Waals surface area contributed by atoms with Crippen LogP contribution < -0.4 is 0 Å². The summed E-state index contributed by atoms with van der Waals surface area (Å²) >= 11 is 0. The van der Waals surface area contributed by atoms with E-state index in [0.717, 1.165) is 24.2 Å². The lowest BCUT2D eigenvalue weighted by Gasteiger charge is -2.28. The van der Waals surface area contributed by atoms with Gasteiger partial charge in [-0.1, -0.05) is 31.9 Å². The minimum atomic E-state index is -0.787. The highest BCUT2D eigenvalue weighted by molar-refractivity contribution is 5.73. The molecule has 5 heteroatoms. The van der Waals surface area contributed by atoms with Gasteiger partial charge in [0.1, 0.15) is 6.04 Å². The molecule has 0 amide bonds. The number of aliphatic carboxylic acids is 1. The Bertz CT molecular complexity index is 548. The number of aromatic nitrogens is 2. The number of unbranched alkanes of at least 4 members (excludes halogenated alkanes) is 1. The SMILES string of the molecule is CCCCC(C(=O)O)N(Cc1ccccn1)Cc1ccccn1. The Kier molecular flexibility index (Phi) is 6.69. The maximum absolute atomic E-state index is 11.7. The fraction of sp³-hybridized carbons (Fsp3) is 0.389. The number of rotatable bonds is 9. The molecule has 1 unspecified atom stereocenters. The van der Waals surface area contributed by atoms with E-state index >= 15 is 0 Å². The highest BCUT2D eigenvalue weighted by atomic mass is 16.4. The highest BCUT2D eigenvalue weighted by Gasteiger charge is 2.25. The van der Waals surface area contributed by atoms with Crippen molar-refractivity contribution < 1.29 is 9.90 Å². The molecule has 2 aromatic rings. The Hall–Kier alpha value is -2.27. The van der Waals surface area contributed by atoms with Crippen LogP contribution >= 0.6 is 0 Å². The number of carboxylic acid groups (broad SMARTS) is 1. The van der Waals surface area contributed by atoms with Gasteiger partial charge < -0.3 is 5.11 Å². The third kappa shape index (κ3) is 5.45. The Labute approximate surface area is 137 Å². The molecule has 0 radical (unpaired) electrons. The maximum Gasteiger partial charge on any atom is 0.320 e. The molecule has 5 nitrogen and oxygen atoms in total. The third-order valence-corrected chi connectivity index (χ3v) is 3.74. The second-order valence-electron chi connectivity index (χ2n) is 5.54. The lowest BCUT2D eigenvalue weighted by molar-refractivity contribution is -0.144. The average molecular weight is 313 g/mol. The van der Waals surface area contributed by atoms with Crippen molar-refractivity contribution in [2.24, 2.45) is 0 Å². The first-order valence-electron chi connectivity index (χ1n) is 7.97. The standard InChI is InChI=1S/C18H23N3O2/c1-2-3-10-17(18(22)23)21(13-15-8-4-6-11-19-15)14-16-9-5-7-12-20-16/h4-9,11-12,17H,2-3,10,13-14H2,1H3,(H,22,23). The molecule has 2 heterocycles. The molecule has 1 atom stereocenters. The lowest BCUT2D eigenvalue weighted by Crippen LogP contribution is -2.40. The van der Waals surface area contributed by atoms with Crippen molar-refractivity contribution >= 4 is 5.97 Å². The van der Waals surface area contributed by atoms with Crippen LogP contribution in [0.2, 0.25) is 0 Å². The van der Waals surface area contributed by atoms with Gasteiger partial charge in [0, 0.05) is 25.5 Å². The number of pyridine rings is 2. The minimum Gasteiger partial charge on any atom is -0.480 e. The van der Waals surface area contributed by atoms with Gasteiger partial charge in [-0.3, -0.25) is 19.7 Å². The molecule has 0 aliphatic rings. The van der Waals surface area contributed by atoms with Crippen LogP contribution in [-0.4, -0.2) is 32.0 Å². The topological polar surface area (TPSA) is 66.3 Å². The smallest absolute Gasteiger partial charge is 0.320 e. The van der Waals surface area contributed by atoms with Gasteiger partial charge in [0.25, 0.3) is 0 Å². The summed E-state index contributed by atoms with van der Waals surface area (Å²) in [5.41, 5.74) is 1.73. The average Bonchev–Trinajstić information content (AvgIpc) is 2.56. The third-order valence-electron chi connectivity index (χ3n) is 3.74. The van der Waals surface area contributed by atoms with Crippen molar-refractivity contribution in [2.45, 2.75) is 45.3 Å². The second kappa shape index (κ2) is 9.00. The van der Waals surface area contributed by atoms with Gasteiger partial charge in [0.15, 0.2) is 0 Å². The molecule has 0 saturated heterocycles. The van der Waals surface area contributed by atoms with E-state index < -0.39 is 12.0 Å². The Morgan fingerprint density at radius 1 is 1.09 bits per heavy atom. The largest absolute Gasteiger partial charge is 0.480 e. The van der Waals surface area contributed by atoms with E-state index in [-0.39, 0.29) is 0 Å². The normalized spacial score (nSPS) is 12.3. The zero-order valence-corrected chi connectivity index (χ0v) is 13.4. The summed E-state index contributed by atoms with van der Waals surface area (Å²) in [6.45, 7) is 3.07. The molecule has 0 bridgehead atoms. The van der Waals surface area contributed by atoms with Crippen LogP contribution in [0, 0.1) is 0 Å². The number of carboxylic acids is 1. The van der Waals surface area contributed by atoms with E-state index in [9.17, 15) is 9.90 Å². The van der Waals surface area contributed by atoms with Crippen molar-refractivity contribution in [1.82, 2.24) is 14.9 Å². The summed E-state index contributed by atoms with van der Waals surface area (Å²) in [6, 6.07) is 10.9. The molecular formula is C18H23N3O2. The summed E-state index contributed by atoms with van der Waals surface area (Å²) in [5.74, 6) is -0.787. The monoisotopic (exact) mass is 313 g/mol. The molecular weight excluding hydrogens is 290 g/mol. The first-order chi connectivity index (χ1) is 11.2. The fourth-order valence-electron chi connectivity index (χ4n) is 2.54. The summed E-state index contributed by atoms with van der Waals surface area (Å²) < 4.78 is 0. The molecule has 2 aromatic heterocycles. The molecule has 0 spiro atoms. The van der Waals surface area contributed by atoms with Crippen LogP contribution in [0.4, 0.5) is 0 Å². The van der Waals surface area contributed by atoms with Crippen LogP contribution in [0.3, 0.4) is 0 Å². The zero-order chi connectivity index (χ0) is 16.5. The van der Waals surface area contributed by atoms with E-state index in [4.69, 9.17) is 0 Å². The second-order valence-corrected chi connectivity index (χ2v) is 5.54.